The van der Waals surface area contributed by atoms with Crippen LogP contribution in [0, 0.1) is 11.6 Å². The van der Waals surface area contributed by atoms with Crippen LogP contribution in [0.5, 0.6) is 0 Å². The summed E-state index contributed by atoms with van der Waals surface area (Å²) in [6.07, 6.45) is 0. The van der Waals surface area contributed by atoms with Crippen molar-refractivity contribution >= 4 is 9.84 Å². The first kappa shape index (κ1) is 21.7. The van der Waals surface area contributed by atoms with E-state index in [2.05, 4.69) is 10.2 Å². The highest BCUT2D eigenvalue weighted by atomic mass is 32.2. The van der Waals surface area contributed by atoms with E-state index in [9.17, 15) is 17.2 Å². The van der Waals surface area contributed by atoms with E-state index >= 15 is 0 Å². The van der Waals surface area contributed by atoms with E-state index < -0.39 is 9.84 Å². The van der Waals surface area contributed by atoms with Crippen LogP contribution in [-0.4, -0.2) is 23.2 Å². The van der Waals surface area contributed by atoms with Gasteiger partial charge in [0.25, 0.3) is 0 Å². The maximum Gasteiger partial charge on any atom is 0.206 e. The second-order valence-electron chi connectivity index (χ2n) is 7.51. The minimum absolute atomic E-state index is 0.141. The van der Waals surface area contributed by atoms with Crippen molar-refractivity contribution < 1.29 is 17.2 Å². The molecule has 1 aromatic heterocycles. The molecule has 0 fully saturated rings. The van der Waals surface area contributed by atoms with Crippen LogP contribution in [0.25, 0.3) is 28.5 Å². The van der Waals surface area contributed by atoms with Crippen LogP contribution in [-0.2, 0) is 9.84 Å². The largest absolute Gasteiger partial charge is 0.275 e. The van der Waals surface area contributed by atoms with Crippen molar-refractivity contribution in [2.75, 3.05) is 0 Å². The zero-order chi connectivity index (χ0) is 23.7. The normalized spacial score (nSPS) is 11.5. The van der Waals surface area contributed by atoms with Crippen LogP contribution in [0.4, 0.5) is 8.78 Å². The molecule has 0 aliphatic carbocycles. The van der Waals surface area contributed by atoms with Crippen LogP contribution in [0.3, 0.4) is 0 Å². The lowest BCUT2D eigenvalue weighted by molar-refractivity contribution is 0.596. The quantitative estimate of drug-likeness (QED) is 0.328. The molecule has 0 saturated heterocycles. The highest BCUT2D eigenvalue weighted by Crippen LogP contribution is 2.30. The highest BCUT2D eigenvalue weighted by Gasteiger charge is 2.20. The van der Waals surface area contributed by atoms with Gasteiger partial charge in [-0.05, 0) is 84.9 Å². The van der Waals surface area contributed by atoms with Crippen LogP contribution >= 0.6 is 0 Å². The minimum Gasteiger partial charge on any atom is -0.275 e. The van der Waals surface area contributed by atoms with Gasteiger partial charge in [0, 0.05) is 16.8 Å². The van der Waals surface area contributed by atoms with Crippen molar-refractivity contribution in [2.24, 2.45) is 0 Å². The fraction of sp³-hybridized carbons (Fsp3) is 0. The second-order valence-corrected chi connectivity index (χ2v) is 9.46. The van der Waals surface area contributed by atoms with Crippen LogP contribution in [0.1, 0.15) is 0 Å². The number of sulfone groups is 1. The Morgan fingerprint density at radius 2 is 1.00 bits per heavy atom. The highest BCUT2D eigenvalue weighted by molar-refractivity contribution is 7.91. The molecule has 0 saturated carbocycles. The fourth-order valence-corrected chi connectivity index (χ4v) is 4.89. The number of hydrogen-bond donors (Lipinski definition) is 0. The van der Waals surface area contributed by atoms with Gasteiger partial charge in [-0.2, -0.15) is 0 Å². The van der Waals surface area contributed by atoms with Crippen LogP contribution in [0.15, 0.2) is 113 Å². The number of hydrogen-bond acceptors (Lipinski definition) is 4. The van der Waals surface area contributed by atoms with Crippen molar-refractivity contribution in [3.63, 3.8) is 0 Å². The van der Waals surface area contributed by atoms with Crippen molar-refractivity contribution in [3.8, 4) is 28.5 Å². The summed E-state index contributed by atoms with van der Waals surface area (Å²) in [7, 11) is -3.68. The third kappa shape index (κ3) is 3.99. The molecule has 0 unspecified atom stereocenters. The van der Waals surface area contributed by atoms with E-state index in [0.717, 1.165) is 0 Å². The fourth-order valence-electron chi connectivity index (χ4n) is 3.61. The van der Waals surface area contributed by atoms with Gasteiger partial charge >= 0.3 is 0 Å². The molecule has 0 aliphatic heterocycles. The van der Waals surface area contributed by atoms with E-state index in [4.69, 9.17) is 0 Å². The molecule has 0 radical (unpaired) electrons. The first-order valence-corrected chi connectivity index (χ1v) is 11.8. The van der Waals surface area contributed by atoms with Gasteiger partial charge in [-0.3, -0.25) is 4.57 Å². The maximum atomic E-state index is 13.5. The number of aromatic nitrogens is 3. The monoisotopic (exact) mass is 473 g/mol. The molecule has 34 heavy (non-hydrogen) atoms. The second kappa shape index (κ2) is 8.64. The van der Waals surface area contributed by atoms with E-state index in [0.29, 0.717) is 28.5 Å². The lowest BCUT2D eigenvalue weighted by Crippen LogP contribution is -2.04. The summed E-state index contributed by atoms with van der Waals surface area (Å²) in [5, 5.41) is 8.58. The molecule has 0 bridgehead atoms. The van der Waals surface area contributed by atoms with Gasteiger partial charge in [-0.25, -0.2) is 17.2 Å². The summed E-state index contributed by atoms with van der Waals surface area (Å²) in [5.41, 5.74) is 1.82. The molecule has 0 atom stereocenters. The first-order chi connectivity index (χ1) is 16.4. The zero-order valence-corrected chi connectivity index (χ0v) is 18.5. The zero-order valence-electron chi connectivity index (χ0n) is 17.6. The minimum atomic E-state index is -3.68. The van der Waals surface area contributed by atoms with Gasteiger partial charge in [-0.15, -0.1) is 10.2 Å². The summed E-state index contributed by atoms with van der Waals surface area (Å²) in [6, 6.07) is 26.1. The van der Waals surface area contributed by atoms with Gasteiger partial charge in [0.1, 0.15) is 11.6 Å². The Bertz CT molecular complexity index is 1480. The van der Waals surface area contributed by atoms with Gasteiger partial charge in [0.2, 0.25) is 9.84 Å². The Morgan fingerprint density at radius 1 is 0.559 bits per heavy atom. The molecular formula is C26H17F2N3O2S. The Hall–Kier alpha value is -4.17. The Morgan fingerprint density at radius 3 is 1.47 bits per heavy atom. The van der Waals surface area contributed by atoms with E-state index in [1.54, 1.807) is 71.3 Å². The van der Waals surface area contributed by atoms with Gasteiger partial charge in [0.05, 0.1) is 9.79 Å². The summed E-state index contributed by atoms with van der Waals surface area (Å²) >= 11 is 0. The number of halogens is 2. The Labute approximate surface area is 194 Å². The number of nitrogens with zero attached hydrogens (tertiary/aromatic N) is 3. The molecule has 0 amide bonds. The number of rotatable bonds is 5. The Balaban J connectivity index is 1.64. The predicted octanol–water partition coefficient (Wildman–Crippen LogP) is 5.71. The van der Waals surface area contributed by atoms with Crippen molar-refractivity contribution in [1.82, 2.24) is 14.8 Å². The summed E-state index contributed by atoms with van der Waals surface area (Å²) in [5.74, 6) is 0.0871. The molecule has 1 heterocycles. The van der Waals surface area contributed by atoms with Crippen LogP contribution < -0.4 is 0 Å². The predicted molar refractivity (Wildman–Crippen MR) is 124 cm³/mol. The molecule has 5 aromatic rings. The molecule has 0 aliphatic rings. The molecule has 0 N–H and O–H groups in total. The Kier molecular flexibility index (Phi) is 5.51. The lowest BCUT2D eigenvalue weighted by Gasteiger charge is -2.12. The molecule has 5 rings (SSSR count). The lowest BCUT2D eigenvalue weighted by atomic mass is 10.1. The summed E-state index contributed by atoms with van der Waals surface area (Å²) < 4.78 is 54.7. The first-order valence-electron chi connectivity index (χ1n) is 10.3. The standard InChI is InChI=1S/C26H17F2N3O2S/c27-20-10-6-18(7-11-20)25-29-30-26(19-8-12-21(28)13-9-19)31(25)22-14-16-24(17-15-22)34(32,33)23-4-2-1-3-5-23/h1-17H. The third-order valence-electron chi connectivity index (χ3n) is 5.33. The molecule has 8 heteroatoms. The smallest absolute Gasteiger partial charge is 0.206 e. The molecule has 168 valence electrons. The summed E-state index contributed by atoms with van der Waals surface area (Å²) in [4.78, 5) is 0.341. The van der Waals surface area contributed by atoms with Crippen molar-refractivity contribution in [2.45, 2.75) is 9.79 Å². The van der Waals surface area contributed by atoms with Gasteiger partial charge in [-0.1, -0.05) is 18.2 Å². The maximum absolute atomic E-state index is 13.5. The average Bonchev–Trinajstić information content (AvgIpc) is 3.31. The SMILES string of the molecule is O=S(=O)(c1ccccc1)c1ccc(-n2c(-c3ccc(F)cc3)nnc2-c2ccc(F)cc2)cc1. The topological polar surface area (TPSA) is 64.8 Å². The van der Waals surface area contributed by atoms with Gasteiger partial charge in [0.15, 0.2) is 11.6 Å². The molecular weight excluding hydrogens is 456 g/mol. The van der Waals surface area contributed by atoms with Crippen molar-refractivity contribution in [3.05, 3.63) is 115 Å². The molecule has 4 aromatic carbocycles. The van der Waals surface area contributed by atoms with Crippen molar-refractivity contribution in [1.29, 1.82) is 0 Å². The van der Waals surface area contributed by atoms with E-state index in [-0.39, 0.29) is 21.4 Å². The van der Waals surface area contributed by atoms with E-state index in [1.165, 1.54) is 36.4 Å². The third-order valence-corrected chi connectivity index (χ3v) is 7.11. The molecule has 5 nitrogen and oxygen atoms in total. The average molecular weight is 474 g/mol. The van der Waals surface area contributed by atoms with Crippen LogP contribution in [0.2, 0.25) is 0 Å². The number of benzene rings is 4. The summed E-state index contributed by atoms with van der Waals surface area (Å²) in [6.45, 7) is 0. The van der Waals surface area contributed by atoms with E-state index in [1.807, 2.05) is 0 Å². The van der Waals surface area contributed by atoms with Gasteiger partial charge < -0.3 is 0 Å². The molecule has 0 spiro atoms.